The fourth-order valence-electron chi connectivity index (χ4n) is 3.77. The highest BCUT2D eigenvalue weighted by molar-refractivity contribution is 5.71. The van der Waals surface area contributed by atoms with Crippen LogP contribution in [-0.2, 0) is 0 Å². The Kier molecular flexibility index (Phi) is 4.72. The first-order chi connectivity index (χ1) is 14.7. The van der Waals surface area contributed by atoms with Crippen molar-refractivity contribution in [3.8, 4) is 11.3 Å². The monoisotopic (exact) mass is 404 g/mol. The summed E-state index contributed by atoms with van der Waals surface area (Å²) in [6, 6.07) is 10.3. The van der Waals surface area contributed by atoms with Crippen LogP contribution in [0.2, 0.25) is 0 Å². The molecule has 3 aromatic heterocycles. The van der Waals surface area contributed by atoms with Gasteiger partial charge in [0.25, 0.3) is 0 Å². The van der Waals surface area contributed by atoms with Crippen molar-refractivity contribution in [1.29, 1.82) is 0 Å². The van der Waals surface area contributed by atoms with Gasteiger partial charge in [0.05, 0.1) is 23.6 Å². The van der Waals surface area contributed by atoms with Gasteiger partial charge in [-0.25, -0.2) is 19.3 Å². The minimum Gasteiger partial charge on any atom is -0.353 e. The lowest BCUT2D eigenvalue weighted by molar-refractivity contribution is 0.503. The maximum absolute atomic E-state index is 14.2. The standard InChI is InChI=1S/C21H21FN8/c22-17-6-2-1-5-16(17)18-8-7-15-10-25-21(30(15)28-18)27-19-11-24-13-26-20(19)29-9-3-4-14(23)12-29/h1-2,5-8,10-11,13-14H,3-4,9,12,23H2,(H,25,27). The van der Waals surface area contributed by atoms with Crippen LogP contribution < -0.4 is 16.0 Å². The van der Waals surface area contributed by atoms with Gasteiger partial charge in [0.1, 0.15) is 17.8 Å². The smallest absolute Gasteiger partial charge is 0.229 e. The van der Waals surface area contributed by atoms with Crippen LogP contribution in [0.1, 0.15) is 12.8 Å². The van der Waals surface area contributed by atoms with E-state index in [1.165, 1.54) is 12.4 Å². The van der Waals surface area contributed by atoms with Gasteiger partial charge in [-0.1, -0.05) is 12.1 Å². The Bertz CT molecular complexity index is 1190. The quantitative estimate of drug-likeness (QED) is 0.540. The lowest BCUT2D eigenvalue weighted by atomic mass is 10.1. The predicted molar refractivity (Wildman–Crippen MR) is 113 cm³/mol. The summed E-state index contributed by atoms with van der Waals surface area (Å²) in [5, 5.41) is 7.88. The van der Waals surface area contributed by atoms with E-state index >= 15 is 0 Å². The van der Waals surface area contributed by atoms with E-state index in [0.717, 1.165) is 43.0 Å². The van der Waals surface area contributed by atoms with Crippen molar-refractivity contribution in [2.45, 2.75) is 18.9 Å². The average Bonchev–Trinajstić information content (AvgIpc) is 3.16. The van der Waals surface area contributed by atoms with Crippen LogP contribution in [0.3, 0.4) is 0 Å². The van der Waals surface area contributed by atoms with E-state index in [9.17, 15) is 4.39 Å². The highest BCUT2D eigenvalue weighted by atomic mass is 19.1. The Morgan fingerprint density at radius 3 is 2.87 bits per heavy atom. The lowest BCUT2D eigenvalue weighted by Gasteiger charge is -2.32. The number of aromatic nitrogens is 5. The van der Waals surface area contributed by atoms with Crippen molar-refractivity contribution in [3.05, 3.63) is 60.9 Å². The van der Waals surface area contributed by atoms with Crippen molar-refractivity contribution in [2.75, 3.05) is 23.3 Å². The third-order valence-electron chi connectivity index (χ3n) is 5.23. The van der Waals surface area contributed by atoms with Gasteiger partial charge in [-0.15, -0.1) is 0 Å². The van der Waals surface area contributed by atoms with Gasteiger partial charge in [0.2, 0.25) is 5.95 Å². The van der Waals surface area contributed by atoms with Crippen LogP contribution in [0.4, 0.5) is 21.8 Å². The topological polar surface area (TPSA) is 97.3 Å². The second kappa shape index (κ2) is 7.68. The van der Waals surface area contributed by atoms with Gasteiger partial charge in [-0.05, 0) is 37.1 Å². The number of nitrogens with two attached hydrogens (primary N) is 1. The summed E-state index contributed by atoms with van der Waals surface area (Å²) in [6.07, 6.45) is 6.98. The summed E-state index contributed by atoms with van der Waals surface area (Å²) in [6.45, 7) is 1.63. The summed E-state index contributed by atoms with van der Waals surface area (Å²) >= 11 is 0. The van der Waals surface area contributed by atoms with Crippen molar-refractivity contribution >= 4 is 23.0 Å². The van der Waals surface area contributed by atoms with Crippen molar-refractivity contribution in [3.63, 3.8) is 0 Å². The summed E-state index contributed by atoms with van der Waals surface area (Å²) in [7, 11) is 0. The number of nitrogens with one attached hydrogen (secondary N) is 1. The van der Waals surface area contributed by atoms with E-state index < -0.39 is 0 Å². The SMILES string of the molecule is NC1CCCN(c2ncncc2Nc2ncc3ccc(-c4ccccc4F)nn23)C1. The fraction of sp³-hybridized carbons (Fsp3) is 0.238. The van der Waals surface area contributed by atoms with Gasteiger partial charge in [-0.3, -0.25) is 0 Å². The molecule has 1 aliphatic heterocycles. The zero-order chi connectivity index (χ0) is 20.5. The van der Waals surface area contributed by atoms with E-state index in [0.29, 0.717) is 17.2 Å². The van der Waals surface area contributed by atoms with Crippen LogP contribution in [-0.4, -0.2) is 43.7 Å². The molecule has 1 saturated heterocycles. The number of hydrogen-bond donors (Lipinski definition) is 2. The van der Waals surface area contributed by atoms with Gasteiger partial charge in [0, 0.05) is 24.7 Å². The Hall–Kier alpha value is -3.59. The molecule has 8 nitrogen and oxygen atoms in total. The van der Waals surface area contributed by atoms with Gasteiger partial charge in [0.15, 0.2) is 5.82 Å². The molecule has 0 saturated carbocycles. The third kappa shape index (κ3) is 3.43. The lowest BCUT2D eigenvalue weighted by Crippen LogP contribution is -2.43. The first-order valence-corrected chi connectivity index (χ1v) is 9.86. The fourth-order valence-corrected chi connectivity index (χ4v) is 3.77. The highest BCUT2D eigenvalue weighted by Crippen LogP contribution is 2.28. The normalized spacial score (nSPS) is 16.7. The molecule has 30 heavy (non-hydrogen) atoms. The van der Waals surface area contributed by atoms with Gasteiger partial charge < -0.3 is 16.0 Å². The number of imidazole rings is 1. The van der Waals surface area contributed by atoms with Crippen molar-refractivity contribution in [1.82, 2.24) is 24.6 Å². The first-order valence-electron chi connectivity index (χ1n) is 9.86. The van der Waals surface area contributed by atoms with E-state index in [1.807, 2.05) is 6.07 Å². The second-order valence-electron chi connectivity index (χ2n) is 7.35. The van der Waals surface area contributed by atoms with Crippen molar-refractivity contribution < 1.29 is 4.39 Å². The molecule has 3 N–H and O–H groups in total. The molecular weight excluding hydrogens is 383 g/mol. The highest BCUT2D eigenvalue weighted by Gasteiger charge is 2.21. The molecule has 4 heterocycles. The van der Waals surface area contributed by atoms with Gasteiger partial charge >= 0.3 is 0 Å². The first kappa shape index (κ1) is 18.4. The zero-order valence-electron chi connectivity index (χ0n) is 16.2. The predicted octanol–water partition coefficient (Wildman–Crippen LogP) is 3.00. The third-order valence-corrected chi connectivity index (χ3v) is 5.23. The molecular formula is C21H21FN8. The van der Waals surface area contributed by atoms with E-state index in [2.05, 4.69) is 30.3 Å². The number of anilines is 3. The molecule has 1 unspecified atom stereocenters. The molecule has 0 amide bonds. The number of rotatable bonds is 4. The Labute approximate surface area is 172 Å². The summed E-state index contributed by atoms with van der Waals surface area (Å²) in [5.41, 5.74) is 8.61. The average molecular weight is 404 g/mol. The Morgan fingerprint density at radius 1 is 1.10 bits per heavy atom. The molecule has 0 bridgehead atoms. The van der Waals surface area contributed by atoms with Crippen molar-refractivity contribution in [2.24, 2.45) is 5.73 Å². The minimum absolute atomic E-state index is 0.124. The molecule has 1 aliphatic rings. The minimum atomic E-state index is -0.320. The molecule has 1 atom stereocenters. The van der Waals surface area contributed by atoms with Crippen LogP contribution in [0.5, 0.6) is 0 Å². The molecule has 1 fully saturated rings. The maximum Gasteiger partial charge on any atom is 0.229 e. The van der Waals surface area contributed by atoms with Crippen LogP contribution in [0, 0.1) is 5.82 Å². The zero-order valence-corrected chi connectivity index (χ0v) is 16.2. The van der Waals surface area contributed by atoms with E-state index in [1.54, 1.807) is 41.2 Å². The number of nitrogens with zero attached hydrogens (tertiary/aromatic N) is 6. The molecule has 4 aromatic rings. The van der Waals surface area contributed by atoms with Gasteiger partial charge in [-0.2, -0.15) is 9.61 Å². The summed E-state index contributed by atoms with van der Waals surface area (Å²) < 4.78 is 15.9. The number of hydrogen-bond acceptors (Lipinski definition) is 7. The maximum atomic E-state index is 14.2. The van der Waals surface area contributed by atoms with E-state index in [4.69, 9.17) is 5.73 Å². The summed E-state index contributed by atoms with van der Waals surface area (Å²) in [5.74, 6) is 0.960. The van der Waals surface area contributed by atoms with Crippen LogP contribution in [0.15, 0.2) is 55.1 Å². The number of benzene rings is 1. The Balaban J connectivity index is 1.51. The van der Waals surface area contributed by atoms with Crippen LogP contribution >= 0.6 is 0 Å². The molecule has 1 aromatic carbocycles. The molecule has 0 radical (unpaired) electrons. The molecule has 9 heteroatoms. The Morgan fingerprint density at radius 2 is 2.00 bits per heavy atom. The second-order valence-corrected chi connectivity index (χ2v) is 7.35. The molecule has 152 valence electrons. The molecule has 0 aliphatic carbocycles. The molecule has 5 rings (SSSR count). The van der Waals surface area contributed by atoms with Crippen LogP contribution in [0.25, 0.3) is 16.8 Å². The number of piperidine rings is 1. The number of fused-ring (bicyclic) bond motifs is 1. The largest absolute Gasteiger partial charge is 0.353 e. The van der Waals surface area contributed by atoms with E-state index in [-0.39, 0.29) is 11.9 Å². The summed E-state index contributed by atoms with van der Waals surface area (Å²) in [4.78, 5) is 15.2. The number of halogens is 1. The molecule has 0 spiro atoms.